The molecule has 6 heteroatoms. The first kappa shape index (κ1) is 21.5. The Hall–Kier alpha value is -2.73. The van der Waals surface area contributed by atoms with Crippen molar-refractivity contribution in [1.29, 1.82) is 0 Å². The molecule has 4 nitrogen and oxygen atoms in total. The smallest absolute Gasteiger partial charge is 0.195 e. The fourth-order valence-corrected chi connectivity index (χ4v) is 4.20. The highest BCUT2D eigenvalue weighted by atomic mass is 19.2. The third-order valence-electron chi connectivity index (χ3n) is 6.27. The standard InChI is InChI=1S/C25H28F2N2O2/c1-17-14-20-23(15-18(17)2)31-16-19(25(20)30)6-3-4-9-28-10-12-29(13-11-28)22-8-5-7-21(26)24(22)27/h5,7-8,14-16H,3-4,6,9-13H2,1-2H3. The van der Waals surface area contributed by atoms with Gasteiger partial charge in [-0.3, -0.25) is 9.69 Å². The molecule has 31 heavy (non-hydrogen) atoms. The number of hydrogen-bond acceptors (Lipinski definition) is 4. The molecule has 0 aliphatic carbocycles. The lowest BCUT2D eigenvalue weighted by Crippen LogP contribution is -2.47. The lowest BCUT2D eigenvalue weighted by Gasteiger charge is -2.36. The molecule has 0 spiro atoms. The number of nitrogens with zero attached hydrogens (tertiary/aromatic N) is 2. The van der Waals surface area contributed by atoms with Crippen LogP contribution in [0.5, 0.6) is 0 Å². The van der Waals surface area contributed by atoms with Crippen LogP contribution in [0.3, 0.4) is 0 Å². The summed E-state index contributed by atoms with van der Waals surface area (Å²) < 4.78 is 33.2. The van der Waals surface area contributed by atoms with Gasteiger partial charge < -0.3 is 9.32 Å². The normalized spacial score (nSPS) is 15.0. The van der Waals surface area contributed by atoms with E-state index < -0.39 is 11.6 Å². The minimum atomic E-state index is -0.802. The van der Waals surface area contributed by atoms with E-state index in [1.165, 1.54) is 0 Å². The van der Waals surface area contributed by atoms with Gasteiger partial charge in [-0.2, -0.15) is 0 Å². The molecule has 0 atom stereocenters. The van der Waals surface area contributed by atoms with E-state index in [0.717, 1.165) is 55.2 Å². The van der Waals surface area contributed by atoms with Gasteiger partial charge in [0.25, 0.3) is 0 Å². The third-order valence-corrected chi connectivity index (χ3v) is 6.27. The summed E-state index contributed by atoms with van der Waals surface area (Å²) in [7, 11) is 0. The maximum atomic E-state index is 14.0. The Kier molecular flexibility index (Phi) is 6.37. The van der Waals surface area contributed by atoms with Crippen molar-refractivity contribution in [3.63, 3.8) is 0 Å². The van der Waals surface area contributed by atoms with Gasteiger partial charge in [0.2, 0.25) is 0 Å². The number of aryl methyl sites for hydroxylation is 3. The highest BCUT2D eigenvalue weighted by molar-refractivity contribution is 5.78. The third kappa shape index (κ3) is 4.64. The molecule has 0 N–H and O–H groups in total. The number of rotatable bonds is 6. The second-order valence-electron chi connectivity index (χ2n) is 8.38. The molecule has 1 aliphatic rings. The van der Waals surface area contributed by atoms with Gasteiger partial charge in [0.15, 0.2) is 17.1 Å². The van der Waals surface area contributed by atoms with Gasteiger partial charge in [-0.1, -0.05) is 6.07 Å². The first-order valence-corrected chi connectivity index (χ1v) is 10.9. The summed E-state index contributed by atoms with van der Waals surface area (Å²) in [6.07, 6.45) is 4.17. The van der Waals surface area contributed by atoms with Crippen LogP contribution in [0.4, 0.5) is 14.5 Å². The van der Waals surface area contributed by atoms with Gasteiger partial charge in [-0.15, -0.1) is 0 Å². The molecule has 1 fully saturated rings. The highest BCUT2D eigenvalue weighted by Crippen LogP contribution is 2.23. The minimum Gasteiger partial charge on any atom is -0.464 e. The second-order valence-corrected chi connectivity index (χ2v) is 8.38. The summed E-state index contributed by atoms with van der Waals surface area (Å²) in [6.45, 7) is 7.91. The first-order chi connectivity index (χ1) is 14.9. The predicted octanol–water partition coefficient (Wildman–Crippen LogP) is 4.83. The fourth-order valence-electron chi connectivity index (χ4n) is 4.20. The van der Waals surface area contributed by atoms with Gasteiger partial charge >= 0.3 is 0 Å². The molecule has 0 amide bonds. The van der Waals surface area contributed by atoms with Gasteiger partial charge in [0, 0.05) is 31.7 Å². The molecule has 1 saturated heterocycles. The molecule has 2 heterocycles. The molecule has 0 unspecified atom stereocenters. The van der Waals surface area contributed by atoms with Gasteiger partial charge in [0.05, 0.1) is 17.3 Å². The highest BCUT2D eigenvalue weighted by Gasteiger charge is 2.20. The van der Waals surface area contributed by atoms with E-state index in [0.29, 0.717) is 36.2 Å². The maximum absolute atomic E-state index is 14.0. The molecule has 3 aromatic rings. The molecule has 2 aromatic carbocycles. The summed E-state index contributed by atoms with van der Waals surface area (Å²) >= 11 is 0. The first-order valence-electron chi connectivity index (χ1n) is 10.9. The van der Waals surface area contributed by atoms with E-state index in [1.54, 1.807) is 18.4 Å². The van der Waals surface area contributed by atoms with Crippen molar-refractivity contribution in [3.05, 3.63) is 75.1 Å². The van der Waals surface area contributed by atoms with Crippen molar-refractivity contribution < 1.29 is 13.2 Å². The van der Waals surface area contributed by atoms with Crippen LogP contribution in [0.25, 0.3) is 11.0 Å². The quantitative estimate of drug-likeness (QED) is 0.529. The summed E-state index contributed by atoms with van der Waals surface area (Å²) in [5.74, 6) is -1.57. The van der Waals surface area contributed by atoms with Crippen LogP contribution < -0.4 is 10.3 Å². The lowest BCUT2D eigenvalue weighted by atomic mass is 10.0. The largest absolute Gasteiger partial charge is 0.464 e. The zero-order chi connectivity index (χ0) is 22.0. The van der Waals surface area contributed by atoms with E-state index in [9.17, 15) is 13.6 Å². The van der Waals surface area contributed by atoms with Crippen LogP contribution in [-0.2, 0) is 6.42 Å². The Morgan fingerprint density at radius 1 is 1.00 bits per heavy atom. The van der Waals surface area contributed by atoms with Gasteiger partial charge in [-0.25, -0.2) is 8.78 Å². The Morgan fingerprint density at radius 3 is 2.52 bits per heavy atom. The molecule has 1 aliphatic heterocycles. The number of benzene rings is 2. The van der Waals surface area contributed by atoms with Crippen molar-refractivity contribution in [2.75, 3.05) is 37.6 Å². The average Bonchev–Trinajstić information content (AvgIpc) is 2.76. The summed E-state index contributed by atoms with van der Waals surface area (Å²) in [5.41, 5.74) is 3.98. The molecule has 0 bridgehead atoms. The van der Waals surface area contributed by atoms with Crippen molar-refractivity contribution in [2.45, 2.75) is 33.1 Å². The monoisotopic (exact) mass is 426 g/mol. The molecule has 0 saturated carbocycles. The Labute approximate surface area is 181 Å². The number of halogens is 2. The van der Waals surface area contributed by atoms with E-state index in [1.807, 2.05) is 30.9 Å². The van der Waals surface area contributed by atoms with Gasteiger partial charge in [0.1, 0.15) is 5.58 Å². The van der Waals surface area contributed by atoms with Crippen LogP contribution in [-0.4, -0.2) is 37.6 Å². The minimum absolute atomic E-state index is 0.0649. The summed E-state index contributed by atoms with van der Waals surface area (Å²) in [6, 6.07) is 8.16. The SMILES string of the molecule is Cc1cc2occ(CCCCN3CCN(c4cccc(F)c4F)CC3)c(=O)c2cc1C. The summed E-state index contributed by atoms with van der Waals surface area (Å²) in [4.78, 5) is 17.0. The van der Waals surface area contributed by atoms with Crippen LogP contribution in [0.1, 0.15) is 29.5 Å². The van der Waals surface area contributed by atoms with E-state index >= 15 is 0 Å². The van der Waals surface area contributed by atoms with Crippen LogP contribution in [0, 0.1) is 25.5 Å². The lowest BCUT2D eigenvalue weighted by molar-refractivity contribution is 0.252. The van der Waals surface area contributed by atoms with Crippen molar-refractivity contribution in [3.8, 4) is 0 Å². The molecular weight excluding hydrogens is 398 g/mol. The van der Waals surface area contributed by atoms with Crippen LogP contribution in [0.2, 0.25) is 0 Å². The number of anilines is 1. The molecular formula is C25H28F2N2O2. The van der Waals surface area contributed by atoms with Crippen LogP contribution >= 0.6 is 0 Å². The second kappa shape index (κ2) is 9.18. The molecule has 4 rings (SSSR count). The van der Waals surface area contributed by atoms with Crippen molar-refractivity contribution in [1.82, 2.24) is 4.90 Å². The number of hydrogen-bond donors (Lipinski definition) is 0. The van der Waals surface area contributed by atoms with Crippen molar-refractivity contribution in [2.24, 2.45) is 0 Å². The zero-order valence-electron chi connectivity index (χ0n) is 18.1. The maximum Gasteiger partial charge on any atom is 0.195 e. The van der Waals surface area contributed by atoms with Gasteiger partial charge in [-0.05, 0) is 75.0 Å². The van der Waals surface area contributed by atoms with E-state index in [4.69, 9.17) is 4.42 Å². The average molecular weight is 427 g/mol. The number of piperazine rings is 1. The number of unbranched alkanes of at least 4 members (excludes halogenated alkanes) is 1. The van der Waals surface area contributed by atoms with E-state index in [2.05, 4.69) is 4.90 Å². The van der Waals surface area contributed by atoms with E-state index in [-0.39, 0.29) is 5.43 Å². The predicted molar refractivity (Wildman–Crippen MR) is 120 cm³/mol. The van der Waals surface area contributed by atoms with Crippen molar-refractivity contribution >= 4 is 16.7 Å². The molecule has 0 radical (unpaired) electrons. The molecule has 1 aromatic heterocycles. The Bertz CT molecular complexity index is 1130. The Morgan fingerprint density at radius 2 is 1.74 bits per heavy atom. The molecule has 164 valence electrons. The number of fused-ring (bicyclic) bond motifs is 1. The topological polar surface area (TPSA) is 36.7 Å². The Balaban J connectivity index is 1.27. The fraction of sp³-hybridized carbons (Fsp3) is 0.400. The zero-order valence-corrected chi connectivity index (χ0v) is 18.1. The van der Waals surface area contributed by atoms with Crippen LogP contribution in [0.15, 0.2) is 45.8 Å². The summed E-state index contributed by atoms with van der Waals surface area (Å²) in [5, 5.41) is 0.654.